The van der Waals surface area contributed by atoms with Gasteiger partial charge in [0.05, 0.1) is 7.11 Å². The first-order valence-corrected chi connectivity index (χ1v) is 13.5. The largest absolute Gasteiger partial charge is 0.469 e. The fourth-order valence-electron chi connectivity index (χ4n) is 4.81. The molecule has 7 nitrogen and oxygen atoms in total. The SMILES string of the molecule is COC(=O)CCCNC(=O)CCCCC(=O)N(c1ccccc1)C1CCN(CCc2ccccc2)CC1. The number of methoxy groups -OCH3 is 1. The number of carbonyl (C=O) groups is 3. The van der Waals surface area contributed by atoms with E-state index in [1.807, 2.05) is 35.2 Å². The van der Waals surface area contributed by atoms with Crippen LogP contribution in [0.25, 0.3) is 0 Å². The lowest BCUT2D eigenvalue weighted by Crippen LogP contribution is -2.48. The average Bonchev–Trinajstić information content (AvgIpc) is 2.94. The molecule has 0 aliphatic carbocycles. The third-order valence-corrected chi connectivity index (χ3v) is 6.94. The van der Waals surface area contributed by atoms with Crippen LogP contribution in [0.5, 0.6) is 0 Å². The van der Waals surface area contributed by atoms with Crippen LogP contribution in [-0.2, 0) is 25.5 Å². The van der Waals surface area contributed by atoms with E-state index in [4.69, 9.17) is 0 Å². The zero-order valence-electron chi connectivity index (χ0n) is 22.1. The van der Waals surface area contributed by atoms with E-state index < -0.39 is 0 Å². The fourth-order valence-corrected chi connectivity index (χ4v) is 4.81. The van der Waals surface area contributed by atoms with Crippen molar-refractivity contribution in [2.24, 2.45) is 0 Å². The number of hydrogen-bond donors (Lipinski definition) is 1. The van der Waals surface area contributed by atoms with Crippen molar-refractivity contribution in [2.75, 3.05) is 38.2 Å². The fraction of sp³-hybridized carbons (Fsp3) is 0.500. The van der Waals surface area contributed by atoms with Gasteiger partial charge in [-0.2, -0.15) is 0 Å². The van der Waals surface area contributed by atoms with Crippen LogP contribution >= 0.6 is 0 Å². The van der Waals surface area contributed by atoms with E-state index in [0.717, 1.165) is 44.6 Å². The van der Waals surface area contributed by atoms with E-state index in [2.05, 4.69) is 45.3 Å². The van der Waals surface area contributed by atoms with Crippen LogP contribution in [0, 0.1) is 0 Å². The number of rotatable bonds is 14. The van der Waals surface area contributed by atoms with Gasteiger partial charge in [-0.1, -0.05) is 48.5 Å². The lowest BCUT2D eigenvalue weighted by Gasteiger charge is -2.38. The van der Waals surface area contributed by atoms with Gasteiger partial charge in [-0.15, -0.1) is 0 Å². The lowest BCUT2D eigenvalue weighted by atomic mass is 10.0. The molecule has 200 valence electrons. The molecule has 1 N–H and O–H groups in total. The number of para-hydroxylation sites is 1. The molecule has 1 saturated heterocycles. The number of carbonyl (C=O) groups excluding carboxylic acids is 3. The van der Waals surface area contributed by atoms with Crippen molar-refractivity contribution in [1.29, 1.82) is 0 Å². The number of ether oxygens (including phenoxy) is 1. The normalized spacial score (nSPS) is 14.2. The standard InChI is InChI=1S/C30H41N3O4/c1-37-30(36)17-10-21-31-28(34)15-8-9-16-29(35)33(26-13-6-3-7-14-26)27-19-23-32(24-20-27)22-18-25-11-4-2-5-12-25/h2-7,11-14,27H,8-10,15-24H2,1H3,(H,31,34). The molecule has 0 aromatic heterocycles. The molecule has 0 saturated carbocycles. The van der Waals surface area contributed by atoms with E-state index in [9.17, 15) is 14.4 Å². The van der Waals surface area contributed by atoms with E-state index >= 15 is 0 Å². The van der Waals surface area contributed by atoms with Gasteiger partial charge in [0.15, 0.2) is 0 Å². The highest BCUT2D eigenvalue weighted by Crippen LogP contribution is 2.25. The predicted octanol–water partition coefficient (Wildman–Crippen LogP) is 4.36. The first kappa shape index (κ1) is 28.4. The van der Waals surface area contributed by atoms with Crippen molar-refractivity contribution in [2.45, 2.75) is 63.8 Å². The summed E-state index contributed by atoms with van der Waals surface area (Å²) in [6.07, 6.45) is 5.98. The van der Waals surface area contributed by atoms with Crippen molar-refractivity contribution >= 4 is 23.5 Å². The summed E-state index contributed by atoms with van der Waals surface area (Å²) in [5.74, 6) is -0.180. The Hall–Kier alpha value is -3.19. The van der Waals surface area contributed by atoms with Gasteiger partial charge in [0.2, 0.25) is 11.8 Å². The minimum Gasteiger partial charge on any atom is -0.469 e. The molecule has 0 unspecified atom stereocenters. The minimum atomic E-state index is -0.270. The molecule has 37 heavy (non-hydrogen) atoms. The second-order valence-electron chi connectivity index (χ2n) is 9.64. The number of unbranched alkanes of at least 4 members (excludes halogenated alkanes) is 1. The Morgan fingerprint density at radius 2 is 1.54 bits per heavy atom. The van der Waals surface area contributed by atoms with Gasteiger partial charge in [0.1, 0.15) is 0 Å². The Morgan fingerprint density at radius 1 is 0.892 bits per heavy atom. The molecule has 0 atom stereocenters. The molecule has 0 bridgehead atoms. The molecule has 0 spiro atoms. The maximum absolute atomic E-state index is 13.4. The highest BCUT2D eigenvalue weighted by molar-refractivity contribution is 5.94. The molecule has 2 amide bonds. The van der Waals surface area contributed by atoms with Gasteiger partial charge >= 0.3 is 5.97 Å². The Kier molecular flexibility index (Phi) is 12.1. The van der Waals surface area contributed by atoms with Gasteiger partial charge in [-0.3, -0.25) is 14.4 Å². The van der Waals surface area contributed by atoms with Gasteiger partial charge in [-0.05, 0) is 56.2 Å². The van der Waals surface area contributed by atoms with E-state index in [1.165, 1.54) is 12.7 Å². The maximum atomic E-state index is 13.4. The van der Waals surface area contributed by atoms with Gasteiger partial charge in [-0.25, -0.2) is 0 Å². The molecule has 1 fully saturated rings. The van der Waals surface area contributed by atoms with Crippen LogP contribution < -0.4 is 10.2 Å². The first-order valence-electron chi connectivity index (χ1n) is 13.5. The number of piperidine rings is 1. The van der Waals surface area contributed by atoms with Crippen LogP contribution in [0.4, 0.5) is 5.69 Å². The van der Waals surface area contributed by atoms with E-state index in [1.54, 1.807) is 0 Å². The van der Waals surface area contributed by atoms with Gasteiger partial charge < -0.3 is 19.9 Å². The van der Waals surface area contributed by atoms with E-state index in [-0.39, 0.29) is 23.8 Å². The summed E-state index contributed by atoms with van der Waals surface area (Å²) in [6, 6.07) is 20.7. The number of amides is 2. The Balaban J connectivity index is 1.42. The van der Waals surface area contributed by atoms with Crippen molar-refractivity contribution in [3.63, 3.8) is 0 Å². The molecule has 0 radical (unpaired) electrons. The van der Waals surface area contributed by atoms with Crippen LogP contribution in [-0.4, -0.2) is 62.0 Å². The summed E-state index contributed by atoms with van der Waals surface area (Å²) in [6.45, 7) is 3.48. The van der Waals surface area contributed by atoms with Gasteiger partial charge in [0, 0.05) is 57.2 Å². The zero-order valence-corrected chi connectivity index (χ0v) is 22.1. The highest BCUT2D eigenvalue weighted by Gasteiger charge is 2.28. The van der Waals surface area contributed by atoms with Gasteiger partial charge in [0.25, 0.3) is 0 Å². The smallest absolute Gasteiger partial charge is 0.305 e. The summed E-state index contributed by atoms with van der Waals surface area (Å²) in [5.41, 5.74) is 2.32. The quantitative estimate of drug-likeness (QED) is 0.304. The number of anilines is 1. The summed E-state index contributed by atoms with van der Waals surface area (Å²) < 4.78 is 4.60. The maximum Gasteiger partial charge on any atom is 0.305 e. The molecule has 7 heteroatoms. The number of esters is 1. The third-order valence-electron chi connectivity index (χ3n) is 6.94. The molecule has 1 heterocycles. The Bertz CT molecular complexity index is 959. The molecule has 2 aromatic rings. The number of benzene rings is 2. The summed E-state index contributed by atoms with van der Waals surface area (Å²) in [5, 5.41) is 2.83. The molecule has 1 aliphatic rings. The van der Waals surface area contributed by atoms with Crippen molar-refractivity contribution < 1.29 is 19.1 Å². The summed E-state index contributed by atoms with van der Waals surface area (Å²) >= 11 is 0. The van der Waals surface area contributed by atoms with Crippen LogP contribution in [0.15, 0.2) is 60.7 Å². The molecule has 3 rings (SSSR count). The van der Waals surface area contributed by atoms with E-state index in [0.29, 0.717) is 45.1 Å². The van der Waals surface area contributed by atoms with Crippen molar-refractivity contribution in [3.05, 3.63) is 66.2 Å². The third kappa shape index (κ3) is 10.00. The number of nitrogens with zero attached hydrogens (tertiary/aromatic N) is 2. The molecule has 1 aliphatic heterocycles. The average molecular weight is 508 g/mol. The second-order valence-corrected chi connectivity index (χ2v) is 9.64. The summed E-state index contributed by atoms with van der Waals surface area (Å²) in [7, 11) is 1.36. The predicted molar refractivity (Wildman–Crippen MR) is 146 cm³/mol. The van der Waals surface area contributed by atoms with Crippen LogP contribution in [0.1, 0.15) is 56.9 Å². The van der Waals surface area contributed by atoms with Crippen molar-refractivity contribution in [1.82, 2.24) is 10.2 Å². The summed E-state index contributed by atoms with van der Waals surface area (Å²) in [4.78, 5) is 41.0. The minimum absolute atomic E-state index is 0.0416. The first-order chi connectivity index (χ1) is 18.1. The number of hydrogen-bond acceptors (Lipinski definition) is 5. The molecular weight excluding hydrogens is 466 g/mol. The van der Waals surface area contributed by atoms with Crippen LogP contribution in [0.3, 0.4) is 0 Å². The lowest BCUT2D eigenvalue weighted by molar-refractivity contribution is -0.140. The topological polar surface area (TPSA) is 78.9 Å². The number of nitrogens with one attached hydrogen (secondary N) is 1. The highest BCUT2D eigenvalue weighted by atomic mass is 16.5. The van der Waals surface area contributed by atoms with Crippen molar-refractivity contribution in [3.8, 4) is 0 Å². The monoisotopic (exact) mass is 507 g/mol. The Labute approximate surface area is 221 Å². The molecular formula is C30H41N3O4. The zero-order chi connectivity index (χ0) is 26.3. The Morgan fingerprint density at radius 3 is 2.22 bits per heavy atom. The number of likely N-dealkylation sites (tertiary alicyclic amines) is 1. The molecule has 2 aromatic carbocycles. The second kappa shape index (κ2) is 15.8. The van der Waals surface area contributed by atoms with Crippen LogP contribution in [0.2, 0.25) is 0 Å².